The Labute approximate surface area is 216 Å². The van der Waals surface area contributed by atoms with Gasteiger partial charge < -0.3 is 9.80 Å². The topological polar surface area (TPSA) is 97.4 Å². The molecule has 1 amide bonds. The van der Waals surface area contributed by atoms with Crippen molar-refractivity contribution in [2.24, 2.45) is 0 Å². The maximum atomic E-state index is 14.1. The molecular weight excluding hydrogens is 495 g/mol. The summed E-state index contributed by atoms with van der Waals surface area (Å²) in [6.45, 7) is 2.13. The monoisotopic (exact) mass is 518 g/mol. The van der Waals surface area contributed by atoms with Gasteiger partial charge in [0.25, 0.3) is 5.69 Å². The van der Waals surface area contributed by atoms with Gasteiger partial charge in [-0.15, -0.1) is 10.2 Å². The number of non-ortho nitro benzene ring substituents is 1. The molecule has 11 heteroatoms. The minimum atomic E-state index is -0.450. The van der Waals surface area contributed by atoms with Crippen molar-refractivity contribution in [1.29, 1.82) is 0 Å². The number of halogens is 1. The van der Waals surface area contributed by atoms with Crippen molar-refractivity contribution >= 4 is 29.0 Å². The van der Waals surface area contributed by atoms with Crippen LogP contribution in [0.2, 0.25) is 0 Å². The van der Waals surface area contributed by atoms with E-state index in [0.29, 0.717) is 48.4 Å². The molecule has 0 unspecified atom stereocenters. The van der Waals surface area contributed by atoms with Crippen LogP contribution in [0, 0.1) is 15.9 Å². The first-order chi connectivity index (χ1) is 18.0. The Balaban J connectivity index is 1.30. The summed E-state index contributed by atoms with van der Waals surface area (Å²) in [5.74, 6) is 0.402. The molecule has 188 valence electrons. The number of hydrogen-bond acceptors (Lipinski definition) is 7. The third-order valence-electron chi connectivity index (χ3n) is 6.13. The minimum absolute atomic E-state index is 0.00942. The number of benzene rings is 3. The summed E-state index contributed by atoms with van der Waals surface area (Å²) < 4.78 is 16.0. The predicted octanol–water partition coefficient (Wildman–Crippen LogP) is 4.42. The molecule has 0 aliphatic carbocycles. The number of amides is 1. The van der Waals surface area contributed by atoms with Crippen molar-refractivity contribution in [1.82, 2.24) is 19.7 Å². The van der Waals surface area contributed by atoms with Crippen LogP contribution in [0.25, 0.3) is 17.1 Å². The summed E-state index contributed by atoms with van der Waals surface area (Å²) in [5.41, 5.74) is 2.03. The van der Waals surface area contributed by atoms with Crippen LogP contribution in [0.4, 0.5) is 15.8 Å². The molecule has 1 aromatic heterocycles. The third kappa shape index (κ3) is 5.31. The Kier molecular flexibility index (Phi) is 7.13. The van der Waals surface area contributed by atoms with E-state index in [9.17, 15) is 19.3 Å². The highest BCUT2D eigenvalue weighted by Crippen LogP contribution is 2.29. The highest BCUT2D eigenvalue weighted by atomic mass is 32.2. The van der Waals surface area contributed by atoms with Crippen LogP contribution in [0.5, 0.6) is 0 Å². The van der Waals surface area contributed by atoms with Gasteiger partial charge in [0.05, 0.1) is 16.4 Å². The van der Waals surface area contributed by atoms with Crippen LogP contribution in [-0.2, 0) is 4.79 Å². The molecule has 1 fully saturated rings. The van der Waals surface area contributed by atoms with Crippen molar-refractivity contribution < 1.29 is 14.1 Å². The smallest absolute Gasteiger partial charge is 0.269 e. The molecule has 1 aliphatic heterocycles. The van der Waals surface area contributed by atoms with Crippen LogP contribution < -0.4 is 4.90 Å². The molecule has 0 atom stereocenters. The first kappa shape index (κ1) is 24.4. The molecule has 0 saturated carbocycles. The molecule has 0 radical (unpaired) electrons. The maximum Gasteiger partial charge on any atom is 0.269 e. The van der Waals surface area contributed by atoms with Gasteiger partial charge in [-0.05, 0) is 36.4 Å². The van der Waals surface area contributed by atoms with E-state index in [-0.39, 0.29) is 23.2 Å². The van der Waals surface area contributed by atoms with E-state index in [1.165, 1.54) is 30.0 Å². The largest absolute Gasteiger partial charge is 0.366 e. The second-order valence-corrected chi connectivity index (χ2v) is 9.33. The standard InChI is InChI=1S/C26H23FN6O3S/c27-22-8-4-5-9-23(22)30-14-16-31(17-15-30)24(34)18-37-26-29-28-25(32(26)20-6-2-1-3-7-20)19-10-12-21(13-11-19)33(35)36/h1-13H,14-18H2. The van der Waals surface area contributed by atoms with E-state index < -0.39 is 4.92 Å². The van der Waals surface area contributed by atoms with Gasteiger partial charge in [0.15, 0.2) is 11.0 Å². The number of carbonyl (C=O) groups is 1. The number of piperazine rings is 1. The number of para-hydroxylation sites is 2. The highest BCUT2D eigenvalue weighted by molar-refractivity contribution is 7.99. The number of rotatable bonds is 7. The number of nitro groups is 1. The van der Waals surface area contributed by atoms with Crippen LogP contribution in [-0.4, -0.2) is 62.4 Å². The fraction of sp³-hybridized carbons (Fsp3) is 0.192. The zero-order valence-corrected chi connectivity index (χ0v) is 20.6. The summed E-state index contributed by atoms with van der Waals surface area (Å²) >= 11 is 1.28. The van der Waals surface area contributed by atoms with Crippen molar-refractivity contribution in [3.8, 4) is 17.1 Å². The number of aromatic nitrogens is 3. The lowest BCUT2D eigenvalue weighted by molar-refractivity contribution is -0.384. The molecule has 5 rings (SSSR count). The maximum absolute atomic E-state index is 14.1. The average Bonchev–Trinajstić information content (AvgIpc) is 3.36. The van der Waals surface area contributed by atoms with Crippen molar-refractivity contribution in [3.63, 3.8) is 0 Å². The van der Waals surface area contributed by atoms with Crippen LogP contribution in [0.1, 0.15) is 0 Å². The molecule has 1 saturated heterocycles. The number of nitro benzene ring substituents is 1. The van der Waals surface area contributed by atoms with Gasteiger partial charge in [0.1, 0.15) is 5.82 Å². The van der Waals surface area contributed by atoms with Gasteiger partial charge in [-0.3, -0.25) is 19.5 Å². The highest BCUT2D eigenvalue weighted by Gasteiger charge is 2.24. The fourth-order valence-corrected chi connectivity index (χ4v) is 5.07. The first-order valence-corrected chi connectivity index (χ1v) is 12.7. The normalized spacial score (nSPS) is 13.5. The summed E-state index contributed by atoms with van der Waals surface area (Å²) in [7, 11) is 0. The number of anilines is 1. The molecule has 2 heterocycles. The number of carbonyl (C=O) groups excluding carboxylic acids is 1. The number of nitrogens with zero attached hydrogens (tertiary/aromatic N) is 6. The van der Waals surface area contributed by atoms with E-state index >= 15 is 0 Å². The Morgan fingerprint density at radius 3 is 2.27 bits per heavy atom. The van der Waals surface area contributed by atoms with Crippen molar-refractivity contribution in [2.45, 2.75) is 5.16 Å². The second-order valence-electron chi connectivity index (χ2n) is 8.39. The Bertz CT molecular complexity index is 1410. The van der Waals surface area contributed by atoms with Gasteiger partial charge in [-0.2, -0.15) is 0 Å². The molecule has 3 aromatic carbocycles. The summed E-state index contributed by atoms with van der Waals surface area (Å²) in [4.78, 5) is 27.3. The van der Waals surface area contributed by atoms with E-state index in [2.05, 4.69) is 10.2 Å². The lowest BCUT2D eigenvalue weighted by Crippen LogP contribution is -2.49. The summed E-state index contributed by atoms with van der Waals surface area (Å²) in [6.07, 6.45) is 0. The van der Waals surface area contributed by atoms with Gasteiger partial charge >= 0.3 is 0 Å². The van der Waals surface area contributed by atoms with E-state index in [0.717, 1.165) is 5.69 Å². The average molecular weight is 519 g/mol. The van der Waals surface area contributed by atoms with Crippen molar-refractivity contribution in [2.75, 3.05) is 36.8 Å². The van der Waals surface area contributed by atoms with E-state index in [1.54, 1.807) is 35.2 Å². The van der Waals surface area contributed by atoms with Crippen molar-refractivity contribution in [3.05, 3.63) is 94.8 Å². The Morgan fingerprint density at radius 2 is 1.59 bits per heavy atom. The minimum Gasteiger partial charge on any atom is -0.366 e. The van der Waals surface area contributed by atoms with Crippen LogP contribution in [0.3, 0.4) is 0 Å². The predicted molar refractivity (Wildman–Crippen MR) is 139 cm³/mol. The summed E-state index contributed by atoms with van der Waals surface area (Å²) in [5, 5.41) is 20.2. The van der Waals surface area contributed by atoms with Gasteiger partial charge in [0, 0.05) is 49.6 Å². The number of hydrogen-bond donors (Lipinski definition) is 0. The second kappa shape index (κ2) is 10.8. The molecule has 0 spiro atoms. The first-order valence-electron chi connectivity index (χ1n) is 11.7. The molecule has 0 N–H and O–H groups in total. The molecular formula is C26H23FN6O3S. The lowest BCUT2D eigenvalue weighted by atomic mass is 10.2. The van der Waals surface area contributed by atoms with Gasteiger partial charge in [-0.25, -0.2) is 4.39 Å². The molecule has 1 aliphatic rings. The van der Waals surface area contributed by atoms with Gasteiger partial charge in [-0.1, -0.05) is 42.1 Å². The van der Waals surface area contributed by atoms with E-state index in [4.69, 9.17) is 0 Å². The summed E-state index contributed by atoms with van der Waals surface area (Å²) in [6, 6.07) is 22.3. The molecule has 0 bridgehead atoms. The molecule has 4 aromatic rings. The van der Waals surface area contributed by atoms with Crippen LogP contribution >= 0.6 is 11.8 Å². The van der Waals surface area contributed by atoms with Gasteiger partial charge in [0.2, 0.25) is 5.91 Å². The fourth-order valence-electron chi connectivity index (χ4n) is 4.21. The van der Waals surface area contributed by atoms with E-state index in [1.807, 2.05) is 39.8 Å². The number of thioether (sulfide) groups is 1. The molecule has 37 heavy (non-hydrogen) atoms. The zero-order chi connectivity index (χ0) is 25.8. The zero-order valence-electron chi connectivity index (χ0n) is 19.7. The SMILES string of the molecule is O=C(CSc1nnc(-c2ccc([N+](=O)[O-])cc2)n1-c1ccccc1)N1CCN(c2ccccc2F)CC1. The van der Waals surface area contributed by atoms with Crippen LogP contribution in [0.15, 0.2) is 84.0 Å². The Hall–Kier alpha value is -4.25. The third-order valence-corrected chi connectivity index (χ3v) is 7.05. The quantitative estimate of drug-likeness (QED) is 0.203. The molecule has 9 nitrogen and oxygen atoms in total. The Morgan fingerprint density at radius 1 is 0.919 bits per heavy atom. The lowest BCUT2D eigenvalue weighted by Gasteiger charge is -2.36.